The molecule has 0 aliphatic carbocycles. The van der Waals surface area contributed by atoms with Crippen LogP contribution in [0.4, 0.5) is 4.79 Å². The van der Waals surface area contributed by atoms with Gasteiger partial charge in [-0.2, -0.15) is 5.10 Å². The number of primary amides is 1. The molecule has 2 rings (SSSR count). The van der Waals surface area contributed by atoms with Gasteiger partial charge in [-0.15, -0.1) is 0 Å². The van der Waals surface area contributed by atoms with E-state index in [0.29, 0.717) is 11.5 Å². The molecule has 2 aromatic heterocycles. The number of hydrogen-bond acceptors (Lipinski definition) is 4. The van der Waals surface area contributed by atoms with Crippen molar-refractivity contribution in [2.45, 2.75) is 6.61 Å². The third-order valence-electron chi connectivity index (χ3n) is 1.89. The maximum absolute atomic E-state index is 10.4. The number of nitrogens with zero attached hydrogens (tertiary/aromatic N) is 3. The Morgan fingerprint density at radius 2 is 2.31 bits per heavy atom. The standard InChI is InChI=1S/C10H10N4O2/c11-10(15)16-7-8-3-1-4-9(13-8)14-6-2-5-12-14/h1-6H,7H2,(H2,11,15). The fourth-order valence-corrected chi connectivity index (χ4v) is 1.22. The zero-order valence-electron chi connectivity index (χ0n) is 8.41. The zero-order chi connectivity index (χ0) is 11.4. The summed E-state index contributed by atoms with van der Waals surface area (Å²) >= 11 is 0. The highest BCUT2D eigenvalue weighted by Gasteiger charge is 2.01. The molecule has 0 aromatic carbocycles. The smallest absolute Gasteiger partial charge is 0.404 e. The van der Waals surface area contributed by atoms with Gasteiger partial charge in [0.1, 0.15) is 6.61 Å². The number of pyridine rings is 1. The molecule has 0 unspecified atom stereocenters. The number of ether oxygens (including phenoxy) is 1. The third kappa shape index (κ3) is 2.35. The molecule has 0 fully saturated rings. The van der Waals surface area contributed by atoms with Crippen molar-refractivity contribution in [2.24, 2.45) is 5.73 Å². The minimum atomic E-state index is -0.814. The van der Waals surface area contributed by atoms with Crippen molar-refractivity contribution >= 4 is 6.09 Å². The Morgan fingerprint density at radius 3 is 3.00 bits per heavy atom. The molecule has 0 atom stereocenters. The number of carbonyl (C=O) groups is 1. The van der Waals surface area contributed by atoms with E-state index in [4.69, 9.17) is 5.73 Å². The Kier molecular flexibility index (Phi) is 2.81. The van der Waals surface area contributed by atoms with Gasteiger partial charge in [0.25, 0.3) is 0 Å². The van der Waals surface area contributed by atoms with Crippen molar-refractivity contribution in [1.29, 1.82) is 0 Å². The lowest BCUT2D eigenvalue weighted by atomic mass is 10.3. The van der Waals surface area contributed by atoms with E-state index in [1.807, 2.05) is 6.07 Å². The summed E-state index contributed by atoms with van der Waals surface area (Å²) < 4.78 is 6.27. The van der Waals surface area contributed by atoms with Gasteiger partial charge < -0.3 is 10.5 Å². The predicted molar refractivity (Wildman–Crippen MR) is 55.7 cm³/mol. The summed E-state index contributed by atoms with van der Waals surface area (Å²) in [6.45, 7) is 0.0600. The Hall–Kier alpha value is -2.37. The number of amides is 1. The number of aromatic nitrogens is 3. The van der Waals surface area contributed by atoms with Crippen LogP contribution in [0.5, 0.6) is 0 Å². The fraction of sp³-hybridized carbons (Fsp3) is 0.100. The maximum Gasteiger partial charge on any atom is 0.404 e. The fourth-order valence-electron chi connectivity index (χ4n) is 1.22. The van der Waals surface area contributed by atoms with Crippen LogP contribution in [-0.2, 0) is 11.3 Å². The van der Waals surface area contributed by atoms with E-state index >= 15 is 0 Å². The molecule has 16 heavy (non-hydrogen) atoms. The van der Waals surface area contributed by atoms with E-state index < -0.39 is 6.09 Å². The molecule has 82 valence electrons. The van der Waals surface area contributed by atoms with Gasteiger partial charge in [-0.05, 0) is 18.2 Å². The van der Waals surface area contributed by atoms with Crippen LogP contribution in [0.3, 0.4) is 0 Å². The molecule has 2 N–H and O–H groups in total. The van der Waals surface area contributed by atoms with Gasteiger partial charge in [-0.3, -0.25) is 0 Å². The van der Waals surface area contributed by atoms with E-state index in [1.54, 1.807) is 35.3 Å². The average Bonchev–Trinajstić information content (AvgIpc) is 2.80. The number of hydrogen-bond donors (Lipinski definition) is 1. The minimum Gasteiger partial charge on any atom is -0.443 e. The quantitative estimate of drug-likeness (QED) is 0.828. The van der Waals surface area contributed by atoms with Gasteiger partial charge in [-0.25, -0.2) is 14.5 Å². The van der Waals surface area contributed by atoms with Crippen LogP contribution in [0.2, 0.25) is 0 Å². The van der Waals surface area contributed by atoms with Gasteiger partial charge in [0.05, 0.1) is 5.69 Å². The molecule has 6 heteroatoms. The lowest BCUT2D eigenvalue weighted by Crippen LogP contribution is -2.13. The topological polar surface area (TPSA) is 83.0 Å². The lowest BCUT2D eigenvalue weighted by Gasteiger charge is -2.04. The first kappa shape index (κ1) is 10.2. The highest BCUT2D eigenvalue weighted by molar-refractivity contribution is 5.64. The van der Waals surface area contributed by atoms with Crippen molar-refractivity contribution in [3.8, 4) is 5.82 Å². The molecule has 0 saturated carbocycles. The van der Waals surface area contributed by atoms with Crippen LogP contribution in [0, 0.1) is 0 Å². The van der Waals surface area contributed by atoms with Crippen molar-refractivity contribution in [3.63, 3.8) is 0 Å². The average molecular weight is 218 g/mol. The summed E-state index contributed by atoms with van der Waals surface area (Å²) in [7, 11) is 0. The summed E-state index contributed by atoms with van der Waals surface area (Å²) in [4.78, 5) is 14.7. The molecule has 2 aromatic rings. The Labute approximate surface area is 91.7 Å². The van der Waals surface area contributed by atoms with Gasteiger partial charge in [0.15, 0.2) is 5.82 Å². The number of rotatable bonds is 3. The largest absolute Gasteiger partial charge is 0.443 e. The van der Waals surface area contributed by atoms with Gasteiger partial charge in [0.2, 0.25) is 0 Å². The molecule has 6 nitrogen and oxygen atoms in total. The van der Waals surface area contributed by atoms with Crippen LogP contribution in [0.1, 0.15) is 5.69 Å². The Morgan fingerprint density at radius 1 is 1.44 bits per heavy atom. The summed E-state index contributed by atoms with van der Waals surface area (Å²) in [5.74, 6) is 0.663. The molecular weight excluding hydrogens is 208 g/mol. The predicted octanol–water partition coefficient (Wildman–Crippen LogP) is 0.863. The summed E-state index contributed by atoms with van der Waals surface area (Å²) in [6.07, 6.45) is 2.63. The summed E-state index contributed by atoms with van der Waals surface area (Å²) in [6, 6.07) is 7.16. The van der Waals surface area contributed by atoms with Crippen LogP contribution >= 0.6 is 0 Å². The Balaban J connectivity index is 2.17. The molecule has 0 aliphatic heterocycles. The van der Waals surface area contributed by atoms with Crippen LogP contribution < -0.4 is 5.73 Å². The lowest BCUT2D eigenvalue weighted by molar-refractivity contribution is 0.149. The first-order chi connectivity index (χ1) is 7.75. The van der Waals surface area contributed by atoms with Crippen LogP contribution in [-0.4, -0.2) is 20.9 Å². The van der Waals surface area contributed by atoms with Gasteiger partial charge in [-0.1, -0.05) is 6.07 Å². The molecule has 1 amide bonds. The first-order valence-electron chi connectivity index (χ1n) is 4.64. The van der Waals surface area contributed by atoms with Gasteiger partial charge in [0, 0.05) is 12.4 Å². The normalized spacial score (nSPS) is 10.0. The molecular formula is C10H10N4O2. The third-order valence-corrected chi connectivity index (χ3v) is 1.89. The minimum absolute atomic E-state index is 0.0600. The van der Waals surface area contributed by atoms with E-state index in [-0.39, 0.29) is 6.61 Å². The summed E-state index contributed by atoms with van der Waals surface area (Å²) in [5.41, 5.74) is 5.48. The maximum atomic E-state index is 10.4. The molecule has 0 bridgehead atoms. The van der Waals surface area contributed by atoms with Crippen molar-refractivity contribution in [1.82, 2.24) is 14.8 Å². The SMILES string of the molecule is NC(=O)OCc1cccc(-n2cccn2)n1. The molecule has 0 saturated heterocycles. The van der Waals surface area contributed by atoms with Crippen molar-refractivity contribution in [2.75, 3.05) is 0 Å². The van der Waals surface area contributed by atoms with Crippen LogP contribution in [0.15, 0.2) is 36.7 Å². The molecule has 0 spiro atoms. The van der Waals surface area contributed by atoms with E-state index in [0.717, 1.165) is 0 Å². The van der Waals surface area contributed by atoms with Crippen molar-refractivity contribution < 1.29 is 9.53 Å². The molecule has 0 aliphatic rings. The second-order valence-electron chi connectivity index (χ2n) is 3.05. The van der Waals surface area contributed by atoms with E-state index in [1.165, 1.54) is 0 Å². The summed E-state index contributed by atoms with van der Waals surface area (Å²) in [5, 5.41) is 4.04. The Bertz CT molecular complexity index is 481. The monoisotopic (exact) mass is 218 g/mol. The first-order valence-corrected chi connectivity index (χ1v) is 4.64. The number of carbonyl (C=O) groups excluding carboxylic acids is 1. The molecule has 2 heterocycles. The second-order valence-corrected chi connectivity index (χ2v) is 3.05. The van der Waals surface area contributed by atoms with E-state index in [2.05, 4.69) is 14.8 Å². The second kappa shape index (κ2) is 4.43. The zero-order valence-corrected chi connectivity index (χ0v) is 8.41. The highest BCUT2D eigenvalue weighted by Crippen LogP contribution is 2.05. The highest BCUT2D eigenvalue weighted by atomic mass is 16.5. The number of nitrogens with two attached hydrogens (primary N) is 1. The van der Waals surface area contributed by atoms with E-state index in [9.17, 15) is 4.79 Å². The van der Waals surface area contributed by atoms with Gasteiger partial charge >= 0.3 is 6.09 Å². The van der Waals surface area contributed by atoms with Crippen LogP contribution in [0.25, 0.3) is 5.82 Å². The van der Waals surface area contributed by atoms with Crippen molar-refractivity contribution in [3.05, 3.63) is 42.4 Å². The molecule has 0 radical (unpaired) electrons.